The van der Waals surface area contributed by atoms with Crippen LogP contribution in [0.5, 0.6) is 0 Å². The van der Waals surface area contributed by atoms with E-state index in [9.17, 15) is 14.9 Å². The molecule has 8 heteroatoms. The SMILES string of the molecule is Cc1nc([N+](=O)[O-])c(NC(C)C(=O)NCC(C)C)n1C. The number of anilines is 1. The predicted molar refractivity (Wildman–Crippen MR) is 75.5 cm³/mol. The van der Waals surface area contributed by atoms with Crippen LogP contribution in [0, 0.1) is 23.0 Å². The molecular formula is C12H21N5O3. The smallest absolute Gasteiger partial charge is 0.358 e. The van der Waals surface area contributed by atoms with Crippen LogP contribution < -0.4 is 10.6 Å². The first-order chi connectivity index (χ1) is 9.23. The van der Waals surface area contributed by atoms with E-state index >= 15 is 0 Å². The van der Waals surface area contributed by atoms with Gasteiger partial charge in [0.15, 0.2) is 0 Å². The minimum Gasteiger partial charge on any atom is -0.358 e. The summed E-state index contributed by atoms with van der Waals surface area (Å²) in [6.07, 6.45) is 0. The van der Waals surface area contributed by atoms with E-state index in [2.05, 4.69) is 15.6 Å². The van der Waals surface area contributed by atoms with Crippen LogP contribution in [0.2, 0.25) is 0 Å². The molecule has 8 nitrogen and oxygen atoms in total. The van der Waals surface area contributed by atoms with Crippen LogP contribution in [0.1, 0.15) is 26.6 Å². The fraction of sp³-hybridized carbons (Fsp3) is 0.667. The number of nitrogens with zero attached hydrogens (tertiary/aromatic N) is 3. The molecule has 0 spiro atoms. The molecule has 0 aliphatic heterocycles. The summed E-state index contributed by atoms with van der Waals surface area (Å²) in [5, 5.41) is 16.6. The van der Waals surface area contributed by atoms with Crippen LogP contribution in [-0.4, -0.2) is 33.0 Å². The Bertz CT molecular complexity index is 509. The molecule has 2 N–H and O–H groups in total. The lowest BCUT2D eigenvalue weighted by atomic mass is 10.2. The number of aryl methyl sites for hydroxylation is 1. The first-order valence-corrected chi connectivity index (χ1v) is 6.46. The second-order valence-corrected chi connectivity index (χ2v) is 5.15. The van der Waals surface area contributed by atoms with Crippen LogP contribution in [0.15, 0.2) is 0 Å². The number of nitrogens with one attached hydrogen (secondary N) is 2. The highest BCUT2D eigenvalue weighted by molar-refractivity contribution is 5.84. The quantitative estimate of drug-likeness (QED) is 0.603. The molecule has 1 amide bonds. The number of hydrogen-bond acceptors (Lipinski definition) is 5. The first kappa shape index (κ1) is 15.9. The molecule has 1 atom stereocenters. The van der Waals surface area contributed by atoms with E-state index in [0.717, 1.165) is 0 Å². The lowest BCUT2D eigenvalue weighted by Crippen LogP contribution is -2.39. The van der Waals surface area contributed by atoms with E-state index in [1.54, 1.807) is 25.5 Å². The number of nitro groups is 1. The lowest BCUT2D eigenvalue weighted by Gasteiger charge is -2.15. The minimum absolute atomic E-state index is 0.202. The molecular weight excluding hydrogens is 262 g/mol. The van der Waals surface area contributed by atoms with Crippen molar-refractivity contribution in [3.63, 3.8) is 0 Å². The molecule has 1 aromatic rings. The number of rotatable bonds is 6. The van der Waals surface area contributed by atoms with Crippen LogP contribution in [0.3, 0.4) is 0 Å². The Morgan fingerprint density at radius 3 is 2.55 bits per heavy atom. The molecule has 0 saturated carbocycles. The maximum Gasteiger partial charge on any atom is 0.406 e. The third kappa shape index (κ3) is 3.69. The van der Waals surface area contributed by atoms with Gasteiger partial charge in [-0.1, -0.05) is 13.8 Å². The summed E-state index contributed by atoms with van der Waals surface area (Å²) in [5.41, 5.74) is 0. The summed E-state index contributed by atoms with van der Waals surface area (Å²) in [5.74, 6) is 0.619. The maximum absolute atomic E-state index is 11.9. The van der Waals surface area contributed by atoms with Crippen molar-refractivity contribution in [2.24, 2.45) is 13.0 Å². The zero-order valence-electron chi connectivity index (χ0n) is 12.4. The maximum atomic E-state index is 11.9. The molecule has 1 heterocycles. The van der Waals surface area contributed by atoms with E-state index in [1.165, 1.54) is 0 Å². The molecule has 1 rings (SSSR count). The number of carbonyl (C=O) groups is 1. The van der Waals surface area contributed by atoms with Crippen LogP contribution in [0.4, 0.5) is 11.6 Å². The Balaban J connectivity index is 2.82. The van der Waals surface area contributed by atoms with Gasteiger partial charge in [-0.3, -0.25) is 9.36 Å². The van der Waals surface area contributed by atoms with Gasteiger partial charge in [0.25, 0.3) is 0 Å². The van der Waals surface area contributed by atoms with Crippen LogP contribution in [0.25, 0.3) is 0 Å². The summed E-state index contributed by atoms with van der Waals surface area (Å²) in [4.78, 5) is 26.1. The summed E-state index contributed by atoms with van der Waals surface area (Å²) < 4.78 is 1.56. The molecule has 0 saturated heterocycles. The standard InChI is InChI=1S/C12H21N5O3/c1-7(2)6-13-12(18)8(3)14-10-11(17(19)20)15-9(4)16(10)5/h7-8,14H,6H2,1-5H3,(H,13,18). The summed E-state index contributed by atoms with van der Waals surface area (Å²) in [7, 11) is 1.66. The van der Waals surface area contributed by atoms with Crippen molar-refractivity contribution >= 4 is 17.5 Å². The highest BCUT2D eigenvalue weighted by atomic mass is 16.6. The van der Waals surface area contributed by atoms with Crippen LogP contribution in [-0.2, 0) is 11.8 Å². The molecule has 1 unspecified atom stereocenters. The zero-order valence-corrected chi connectivity index (χ0v) is 12.4. The Labute approximate surface area is 117 Å². The van der Waals surface area contributed by atoms with E-state index in [4.69, 9.17) is 0 Å². The van der Waals surface area contributed by atoms with Gasteiger partial charge in [0.05, 0.1) is 0 Å². The largest absolute Gasteiger partial charge is 0.406 e. The monoisotopic (exact) mass is 283 g/mol. The van der Waals surface area contributed by atoms with Gasteiger partial charge in [-0.2, -0.15) is 0 Å². The molecule has 0 aromatic carbocycles. The Morgan fingerprint density at radius 1 is 1.45 bits per heavy atom. The van der Waals surface area contributed by atoms with E-state index < -0.39 is 11.0 Å². The van der Waals surface area contributed by atoms with Crippen molar-refractivity contribution in [1.82, 2.24) is 14.9 Å². The second-order valence-electron chi connectivity index (χ2n) is 5.15. The summed E-state index contributed by atoms with van der Waals surface area (Å²) >= 11 is 0. The highest BCUT2D eigenvalue weighted by Gasteiger charge is 2.26. The molecule has 0 aliphatic rings. The number of amides is 1. The Kier molecular flexibility index (Phi) is 5.06. The Hall–Kier alpha value is -2.12. The van der Waals surface area contributed by atoms with Crippen molar-refractivity contribution < 1.29 is 9.72 Å². The average Bonchev–Trinajstić information content (AvgIpc) is 2.64. The molecule has 0 fully saturated rings. The van der Waals surface area contributed by atoms with Gasteiger partial charge in [0.1, 0.15) is 6.04 Å². The van der Waals surface area contributed by atoms with Crippen molar-refractivity contribution in [2.45, 2.75) is 33.7 Å². The fourth-order valence-electron chi connectivity index (χ4n) is 1.61. The number of hydrogen-bond donors (Lipinski definition) is 2. The first-order valence-electron chi connectivity index (χ1n) is 6.46. The average molecular weight is 283 g/mol. The van der Waals surface area contributed by atoms with E-state index in [1.807, 2.05) is 13.8 Å². The van der Waals surface area contributed by atoms with Crippen molar-refractivity contribution in [2.75, 3.05) is 11.9 Å². The minimum atomic E-state index is -0.581. The topological polar surface area (TPSA) is 102 Å². The van der Waals surface area contributed by atoms with E-state index in [0.29, 0.717) is 18.3 Å². The second kappa shape index (κ2) is 6.36. The third-order valence-electron chi connectivity index (χ3n) is 2.90. The zero-order chi connectivity index (χ0) is 15.4. The number of imidazole rings is 1. The molecule has 20 heavy (non-hydrogen) atoms. The molecule has 0 bridgehead atoms. The third-order valence-corrected chi connectivity index (χ3v) is 2.90. The highest BCUT2D eigenvalue weighted by Crippen LogP contribution is 2.24. The van der Waals surface area contributed by atoms with Gasteiger partial charge in [0.2, 0.25) is 17.5 Å². The van der Waals surface area contributed by atoms with E-state index in [-0.39, 0.29) is 17.5 Å². The van der Waals surface area contributed by atoms with Crippen LogP contribution >= 0.6 is 0 Å². The normalized spacial score (nSPS) is 12.3. The van der Waals surface area contributed by atoms with Gasteiger partial charge >= 0.3 is 5.82 Å². The lowest BCUT2D eigenvalue weighted by molar-refractivity contribution is -0.388. The number of aromatic nitrogens is 2. The molecule has 112 valence electrons. The van der Waals surface area contributed by atoms with Crippen molar-refractivity contribution in [1.29, 1.82) is 0 Å². The van der Waals surface area contributed by atoms with Gasteiger partial charge in [-0.15, -0.1) is 0 Å². The molecule has 0 radical (unpaired) electrons. The number of carbonyl (C=O) groups excluding carboxylic acids is 1. The van der Waals surface area contributed by atoms with Gasteiger partial charge in [0, 0.05) is 20.5 Å². The van der Waals surface area contributed by atoms with Gasteiger partial charge in [-0.05, 0) is 22.7 Å². The van der Waals surface area contributed by atoms with Gasteiger partial charge < -0.3 is 20.7 Å². The molecule has 0 aliphatic carbocycles. The Morgan fingerprint density at radius 2 is 2.05 bits per heavy atom. The summed E-state index contributed by atoms with van der Waals surface area (Å²) in [6.45, 7) is 7.88. The van der Waals surface area contributed by atoms with Gasteiger partial charge in [-0.25, -0.2) is 0 Å². The molecule has 1 aromatic heterocycles. The fourth-order valence-corrected chi connectivity index (χ4v) is 1.61. The van der Waals surface area contributed by atoms with Crippen molar-refractivity contribution in [3.05, 3.63) is 15.9 Å². The summed E-state index contributed by atoms with van der Waals surface area (Å²) in [6, 6.07) is -0.581. The predicted octanol–water partition coefficient (Wildman–Crippen LogP) is 1.21. The van der Waals surface area contributed by atoms with Crippen molar-refractivity contribution in [3.8, 4) is 0 Å².